The highest BCUT2D eigenvalue weighted by Gasteiger charge is 2.57. The van der Waals surface area contributed by atoms with Gasteiger partial charge in [-0.3, -0.25) is 23.7 Å². The minimum absolute atomic E-state index is 0.224. The lowest BCUT2D eigenvalue weighted by Crippen LogP contribution is -2.32. The van der Waals surface area contributed by atoms with Crippen LogP contribution in [0.25, 0.3) is 0 Å². The number of thiazole rings is 1. The smallest absolute Gasteiger partial charge is 0.308 e. The van der Waals surface area contributed by atoms with Gasteiger partial charge in [-0.2, -0.15) is 0 Å². The Morgan fingerprint density at radius 2 is 1.73 bits per heavy atom. The van der Waals surface area contributed by atoms with Crippen LogP contribution < -0.4 is 15.1 Å². The Morgan fingerprint density at radius 1 is 0.973 bits per heavy atom. The number of carbonyl (C=O) groups is 3. The summed E-state index contributed by atoms with van der Waals surface area (Å²) < 4.78 is 7.07. The normalized spacial score (nSPS) is 20.6. The van der Waals surface area contributed by atoms with E-state index in [9.17, 15) is 19.2 Å². The largest absolute Gasteiger partial charge is 0.469 e. The number of aromatic nitrogens is 1. The molecule has 0 unspecified atom stereocenters. The molecule has 11 heteroatoms. The highest BCUT2D eigenvalue weighted by atomic mass is 35.5. The maximum absolute atomic E-state index is 13.7. The standard InChI is InChI=1S/C26H18ClN3O5S2/c27-14-8-10-16(11-9-14)30-23(32)20-19(17-7-4-12-35-17)22-25(36-21(20)24(30)33)29(26(34)37-22)13-18(31)28-15-5-2-1-3-6-15/h1-12,19-21H,13H2,(H,28,31)/t19-,20-,21+/m0/s1. The number of fused-ring (bicyclic) bond motifs is 2. The Bertz CT molecular complexity index is 1560. The van der Waals surface area contributed by atoms with Crippen LogP contribution in [0.1, 0.15) is 16.6 Å². The summed E-state index contributed by atoms with van der Waals surface area (Å²) in [6.07, 6.45) is 1.50. The van der Waals surface area contributed by atoms with Crippen LogP contribution >= 0.6 is 34.7 Å². The van der Waals surface area contributed by atoms with E-state index in [2.05, 4.69) is 5.32 Å². The molecular weight excluding hydrogens is 534 g/mol. The molecule has 3 amide bonds. The van der Waals surface area contributed by atoms with Gasteiger partial charge < -0.3 is 9.73 Å². The highest BCUT2D eigenvalue weighted by Crippen LogP contribution is 2.53. The van der Waals surface area contributed by atoms with Crippen molar-refractivity contribution >= 4 is 63.8 Å². The van der Waals surface area contributed by atoms with E-state index in [-0.39, 0.29) is 29.1 Å². The summed E-state index contributed by atoms with van der Waals surface area (Å²) in [6.45, 7) is -0.224. The summed E-state index contributed by atoms with van der Waals surface area (Å²) in [5, 5.41) is 2.99. The van der Waals surface area contributed by atoms with Gasteiger partial charge in [0.15, 0.2) is 0 Å². The van der Waals surface area contributed by atoms with E-state index in [0.29, 0.717) is 32.1 Å². The maximum Gasteiger partial charge on any atom is 0.308 e. The molecule has 37 heavy (non-hydrogen) atoms. The van der Waals surface area contributed by atoms with Crippen LogP contribution in [0.4, 0.5) is 11.4 Å². The van der Waals surface area contributed by atoms with E-state index in [0.717, 1.165) is 23.1 Å². The van der Waals surface area contributed by atoms with Crippen LogP contribution in [-0.2, 0) is 20.9 Å². The van der Waals surface area contributed by atoms with Crippen LogP contribution in [0.3, 0.4) is 0 Å². The van der Waals surface area contributed by atoms with Gasteiger partial charge in [-0.05, 0) is 48.5 Å². The number of nitrogens with one attached hydrogen (secondary N) is 1. The number of carbonyl (C=O) groups excluding carboxylic acids is 3. The molecule has 2 aromatic carbocycles. The summed E-state index contributed by atoms with van der Waals surface area (Å²) in [5.41, 5.74) is 1.04. The molecular formula is C26H18ClN3O5S2. The van der Waals surface area contributed by atoms with Gasteiger partial charge in [0, 0.05) is 10.7 Å². The first-order valence-electron chi connectivity index (χ1n) is 11.3. The van der Waals surface area contributed by atoms with E-state index in [1.165, 1.54) is 15.7 Å². The predicted molar refractivity (Wildman–Crippen MR) is 141 cm³/mol. The first-order valence-corrected chi connectivity index (χ1v) is 13.4. The van der Waals surface area contributed by atoms with Crippen molar-refractivity contribution < 1.29 is 18.8 Å². The zero-order valence-electron chi connectivity index (χ0n) is 19.0. The molecule has 0 saturated carbocycles. The van der Waals surface area contributed by atoms with Gasteiger partial charge in [-0.1, -0.05) is 52.9 Å². The average Bonchev–Trinajstić information content (AvgIpc) is 3.58. The summed E-state index contributed by atoms with van der Waals surface area (Å²) in [6, 6.07) is 18.9. The molecule has 4 aromatic rings. The molecule has 8 nitrogen and oxygen atoms in total. The Morgan fingerprint density at radius 3 is 2.43 bits per heavy atom. The van der Waals surface area contributed by atoms with Gasteiger partial charge in [0.1, 0.15) is 17.6 Å². The third-order valence-corrected chi connectivity index (χ3v) is 9.20. The number of benzene rings is 2. The number of rotatable bonds is 5. The number of halogens is 1. The van der Waals surface area contributed by atoms with Crippen molar-refractivity contribution in [3.8, 4) is 0 Å². The van der Waals surface area contributed by atoms with Crippen LogP contribution in [0.5, 0.6) is 0 Å². The molecule has 0 aliphatic carbocycles. The van der Waals surface area contributed by atoms with Crippen molar-refractivity contribution in [3.05, 3.63) is 98.3 Å². The Labute approximate surface area is 223 Å². The minimum atomic E-state index is -0.789. The lowest BCUT2D eigenvalue weighted by atomic mass is 9.87. The molecule has 2 aliphatic heterocycles. The fourth-order valence-electron chi connectivity index (χ4n) is 4.74. The lowest BCUT2D eigenvalue weighted by molar-refractivity contribution is -0.122. The number of hydrogen-bond acceptors (Lipinski definition) is 7. The highest BCUT2D eigenvalue weighted by molar-refractivity contribution is 8.00. The fourth-order valence-corrected chi connectivity index (χ4v) is 7.62. The zero-order chi connectivity index (χ0) is 25.7. The molecule has 1 saturated heterocycles. The van der Waals surface area contributed by atoms with E-state index in [1.54, 1.807) is 60.7 Å². The number of amides is 3. The SMILES string of the molecule is O=C(Cn1c2c(sc1=O)[C@@H](c1ccco1)[C@@H]1C(=O)N(c3ccc(Cl)cc3)C(=O)[C@@H]1S2)Nc1ccccc1. The second kappa shape index (κ2) is 9.37. The Kier molecular flexibility index (Phi) is 6.02. The third kappa shape index (κ3) is 4.11. The van der Waals surface area contributed by atoms with Gasteiger partial charge in [-0.25, -0.2) is 4.90 Å². The van der Waals surface area contributed by atoms with Crippen LogP contribution in [0, 0.1) is 5.92 Å². The van der Waals surface area contributed by atoms with Gasteiger partial charge in [0.25, 0.3) is 0 Å². The van der Waals surface area contributed by atoms with Crippen LogP contribution in [0.2, 0.25) is 5.02 Å². The van der Waals surface area contributed by atoms with Gasteiger partial charge in [0.05, 0.1) is 33.7 Å². The van der Waals surface area contributed by atoms with E-state index in [4.69, 9.17) is 16.0 Å². The summed E-state index contributed by atoms with van der Waals surface area (Å²) in [5.74, 6) is -2.05. The molecule has 6 rings (SSSR count). The van der Waals surface area contributed by atoms with Gasteiger partial charge in [-0.15, -0.1) is 0 Å². The molecule has 0 radical (unpaired) electrons. The molecule has 0 spiro atoms. The summed E-state index contributed by atoms with van der Waals surface area (Å²) in [7, 11) is 0. The summed E-state index contributed by atoms with van der Waals surface area (Å²) >= 11 is 8.13. The van der Waals surface area contributed by atoms with Gasteiger partial charge >= 0.3 is 4.87 Å². The van der Waals surface area contributed by atoms with Crippen molar-refractivity contribution in [2.24, 2.45) is 5.92 Å². The number of nitrogens with zero attached hydrogens (tertiary/aromatic N) is 2. The first-order chi connectivity index (χ1) is 17.9. The predicted octanol–water partition coefficient (Wildman–Crippen LogP) is 4.59. The number of hydrogen-bond donors (Lipinski definition) is 1. The molecule has 4 heterocycles. The first kappa shape index (κ1) is 23.8. The van der Waals surface area contributed by atoms with Gasteiger partial charge in [0.2, 0.25) is 17.7 Å². The molecule has 0 bridgehead atoms. The number of furan rings is 1. The van der Waals surface area contributed by atoms with Crippen LogP contribution in [0.15, 0.2) is 87.2 Å². The van der Waals surface area contributed by atoms with Crippen molar-refractivity contribution in [3.63, 3.8) is 0 Å². The molecule has 1 N–H and O–H groups in total. The summed E-state index contributed by atoms with van der Waals surface area (Å²) in [4.78, 5) is 54.6. The van der Waals surface area contributed by atoms with Crippen molar-refractivity contribution in [2.75, 3.05) is 10.2 Å². The fraction of sp³-hybridized carbons (Fsp3) is 0.154. The molecule has 186 valence electrons. The Balaban J connectivity index is 1.39. The maximum atomic E-state index is 13.7. The monoisotopic (exact) mass is 551 g/mol. The van der Waals surface area contributed by atoms with E-state index in [1.807, 2.05) is 6.07 Å². The van der Waals surface area contributed by atoms with Crippen molar-refractivity contribution in [1.29, 1.82) is 0 Å². The average molecular weight is 552 g/mol. The molecule has 3 atom stereocenters. The topological polar surface area (TPSA) is 102 Å². The number of anilines is 2. The van der Waals surface area contributed by atoms with Crippen molar-refractivity contribution in [2.45, 2.75) is 22.7 Å². The van der Waals surface area contributed by atoms with Crippen LogP contribution in [-0.4, -0.2) is 27.5 Å². The van der Waals surface area contributed by atoms with E-state index < -0.39 is 17.1 Å². The number of imide groups is 1. The second-order valence-electron chi connectivity index (χ2n) is 8.58. The molecule has 2 aliphatic rings. The molecule has 1 fully saturated rings. The quantitative estimate of drug-likeness (QED) is 0.364. The molecule has 2 aromatic heterocycles. The Hall–Kier alpha value is -3.60. The number of para-hydroxylation sites is 1. The van der Waals surface area contributed by atoms with E-state index >= 15 is 0 Å². The third-order valence-electron chi connectivity index (χ3n) is 6.34. The van der Waals surface area contributed by atoms with Crippen molar-refractivity contribution in [1.82, 2.24) is 4.57 Å². The minimum Gasteiger partial charge on any atom is -0.469 e. The second-order valence-corrected chi connectivity index (χ2v) is 11.1. The number of thioether (sulfide) groups is 1. The zero-order valence-corrected chi connectivity index (χ0v) is 21.4. The lowest BCUT2D eigenvalue weighted by Gasteiger charge is -2.29.